The summed E-state index contributed by atoms with van der Waals surface area (Å²) >= 11 is 0. The zero-order valence-corrected chi connectivity index (χ0v) is 20.3. The molecule has 0 amide bonds. The molecule has 0 spiro atoms. The Hall–Kier alpha value is -5.14. The molecule has 7 aromatic carbocycles. The van der Waals surface area contributed by atoms with Gasteiger partial charge in [-0.1, -0.05) is 133 Å². The Bertz CT molecular complexity index is 2740. The van der Waals surface area contributed by atoms with E-state index in [0.29, 0.717) is 21.9 Å². The van der Waals surface area contributed by atoms with E-state index in [1.807, 2.05) is 60.7 Å². The molecule has 8 aromatic rings. The Morgan fingerprint density at radius 2 is 0.974 bits per heavy atom. The molecule has 1 heterocycles. The van der Waals surface area contributed by atoms with Crippen molar-refractivity contribution in [2.75, 3.05) is 0 Å². The lowest BCUT2D eigenvalue weighted by Crippen LogP contribution is -1.91. The molecular formula is C38H24O. The van der Waals surface area contributed by atoms with Gasteiger partial charge in [0.05, 0.1) is 16.4 Å². The van der Waals surface area contributed by atoms with Crippen LogP contribution in [0.15, 0.2) is 150 Å². The van der Waals surface area contributed by atoms with Gasteiger partial charge < -0.3 is 4.42 Å². The van der Waals surface area contributed by atoms with E-state index in [4.69, 9.17) is 19.5 Å². The van der Waals surface area contributed by atoms with E-state index in [-0.39, 0.29) is 57.2 Å². The highest BCUT2D eigenvalue weighted by molar-refractivity contribution is 6.25. The minimum atomic E-state index is -0.491. The molecule has 0 aliphatic heterocycles. The van der Waals surface area contributed by atoms with E-state index in [9.17, 15) is 1.37 Å². The molecule has 0 saturated heterocycles. The summed E-state index contributed by atoms with van der Waals surface area (Å²) in [4.78, 5) is 0. The number of hydrogen-bond donors (Lipinski definition) is 0. The van der Waals surface area contributed by atoms with Gasteiger partial charge in [-0.25, -0.2) is 0 Å². The minimum Gasteiger partial charge on any atom is -0.456 e. The average molecular weight is 509 g/mol. The Balaban J connectivity index is 1.47. The number of rotatable bonds is 3. The Morgan fingerprint density at radius 3 is 1.67 bits per heavy atom. The third-order valence-electron chi connectivity index (χ3n) is 7.09. The normalized spacial score (nSPS) is 15.9. The highest BCUT2D eigenvalue weighted by atomic mass is 16.3. The van der Waals surface area contributed by atoms with Gasteiger partial charge in [0.15, 0.2) is 0 Å². The van der Waals surface area contributed by atoms with E-state index in [2.05, 4.69) is 0 Å². The molecule has 0 radical (unpaired) electrons. The quantitative estimate of drug-likeness (QED) is 0.216. The van der Waals surface area contributed by atoms with Gasteiger partial charge in [0, 0.05) is 10.8 Å². The maximum Gasteiger partial charge on any atom is 0.136 e. The highest BCUT2D eigenvalue weighted by Gasteiger charge is 2.19. The van der Waals surface area contributed by atoms with Gasteiger partial charge in [0.1, 0.15) is 11.2 Å². The van der Waals surface area contributed by atoms with Gasteiger partial charge in [-0.15, -0.1) is 0 Å². The SMILES string of the molecule is [2H]c1c([2H])c([2H])c(-c2ccc(-c3c4ccccc4c(-c4c([2H])c([2H])c([2H])c5oc6c([2H])c([2H])c([2H])c([2H])c6c45)c4ccccc34)cc2)c([2H])c1[2H]. The molecule has 0 aliphatic rings. The molecule has 182 valence electrons. The summed E-state index contributed by atoms with van der Waals surface area (Å²) in [7, 11) is 0. The molecule has 0 bridgehead atoms. The molecule has 0 fully saturated rings. The lowest BCUT2D eigenvalue weighted by molar-refractivity contribution is 0.669. The maximum absolute atomic E-state index is 9.23. The van der Waals surface area contributed by atoms with Crippen LogP contribution in [0.2, 0.25) is 0 Å². The van der Waals surface area contributed by atoms with Crippen LogP contribution in [0.1, 0.15) is 16.4 Å². The standard InChI is InChI=1S/C38H24O/c1-2-11-25(12-3-1)26-21-23-27(24-22-26)36-28-13-4-6-15-30(28)37(31-16-7-5-14-29(31)36)33-18-10-20-35-38(33)32-17-8-9-19-34(32)39-35/h1-24H/i1D,2D,3D,8D,9D,10D,11D,12D,17D,18D,19D,20D. The van der Waals surface area contributed by atoms with Crippen molar-refractivity contribution in [3.63, 3.8) is 0 Å². The van der Waals surface area contributed by atoms with E-state index < -0.39 is 48.3 Å². The van der Waals surface area contributed by atoms with Gasteiger partial charge >= 0.3 is 0 Å². The Labute approximate surface area is 243 Å². The summed E-state index contributed by atoms with van der Waals surface area (Å²) in [5.74, 6) is 0. The monoisotopic (exact) mass is 508 g/mol. The third kappa shape index (κ3) is 3.41. The molecule has 8 rings (SSSR count). The van der Waals surface area contributed by atoms with Gasteiger partial charge in [0.2, 0.25) is 0 Å². The van der Waals surface area contributed by atoms with Crippen LogP contribution in [0, 0.1) is 0 Å². The summed E-state index contributed by atoms with van der Waals surface area (Å²) in [5, 5.41) is 3.10. The molecule has 0 aliphatic carbocycles. The van der Waals surface area contributed by atoms with Gasteiger partial charge in [-0.2, -0.15) is 0 Å². The van der Waals surface area contributed by atoms with Crippen molar-refractivity contribution in [2.24, 2.45) is 0 Å². The Morgan fingerprint density at radius 1 is 0.410 bits per heavy atom. The topological polar surface area (TPSA) is 13.1 Å². The maximum atomic E-state index is 9.23. The molecular weight excluding hydrogens is 472 g/mol. The zero-order chi connectivity index (χ0) is 36.2. The second-order valence-corrected chi connectivity index (χ2v) is 9.18. The highest BCUT2D eigenvalue weighted by Crippen LogP contribution is 2.46. The van der Waals surface area contributed by atoms with Crippen LogP contribution in [0.3, 0.4) is 0 Å². The predicted octanol–water partition coefficient (Wildman–Crippen LogP) is 10.9. The number of hydrogen-bond acceptors (Lipinski definition) is 1. The van der Waals surface area contributed by atoms with Crippen LogP contribution in [-0.2, 0) is 0 Å². The van der Waals surface area contributed by atoms with Crippen molar-refractivity contribution < 1.29 is 20.9 Å². The molecule has 39 heavy (non-hydrogen) atoms. The lowest BCUT2D eigenvalue weighted by atomic mass is 9.84. The average Bonchev–Trinajstić information content (AvgIpc) is 3.54. The third-order valence-corrected chi connectivity index (χ3v) is 7.09. The summed E-state index contributed by atoms with van der Waals surface area (Å²) < 4.78 is 108. The smallest absolute Gasteiger partial charge is 0.136 e. The molecule has 0 saturated carbocycles. The van der Waals surface area contributed by atoms with E-state index >= 15 is 0 Å². The fourth-order valence-electron chi connectivity index (χ4n) is 5.45. The van der Waals surface area contributed by atoms with E-state index in [1.54, 1.807) is 12.1 Å². The van der Waals surface area contributed by atoms with Crippen molar-refractivity contribution in [3.05, 3.63) is 145 Å². The minimum absolute atomic E-state index is 0.0356. The second kappa shape index (κ2) is 8.72. The van der Waals surface area contributed by atoms with Crippen LogP contribution in [0.4, 0.5) is 0 Å². The first-order valence-corrected chi connectivity index (χ1v) is 12.4. The van der Waals surface area contributed by atoms with Crippen LogP contribution in [0.25, 0.3) is 76.9 Å². The number of benzene rings is 7. The molecule has 0 atom stereocenters. The zero-order valence-electron chi connectivity index (χ0n) is 32.3. The van der Waals surface area contributed by atoms with Gasteiger partial charge in [-0.3, -0.25) is 0 Å². The Kier molecular flexibility index (Phi) is 2.92. The molecule has 0 unspecified atom stereocenters. The molecule has 1 aromatic heterocycles. The van der Waals surface area contributed by atoms with Crippen LogP contribution < -0.4 is 0 Å². The van der Waals surface area contributed by atoms with Crippen molar-refractivity contribution in [1.82, 2.24) is 0 Å². The van der Waals surface area contributed by atoms with E-state index in [1.165, 1.54) is 0 Å². The van der Waals surface area contributed by atoms with Crippen molar-refractivity contribution >= 4 is 43.5 Å². The van der Waals surface area contributed by atoms with E-state index in [0.717, 1.165) is 21.9 Å². The van der Waals surface area contributed by atoms with Crippen LogP contribution in [0.5, 0.6) is 0 Å². The van der Waals surface area contributed by atoms with Crippen molar-refractivity contribution in [1.29, 1.82) is 0 Å². The summed E-state index contributed by atoms with van der Waals surface area (Å²) in [6.45, 7) is 0. The van der Waals surface area contributed by atoms with Crippen molar-refractivity contribution in [3.8, 4) is 33.4 Å². The van der Waals surface area contributed by atoms with Crippen LogP contribution in [-0.4, -0.2) is 0 Å². The first kappa shape index (κ1) is 13.1. The summed E-state index contributed by atoms with van der Waals surface area (Å²) in [5.41, 5.74) is 2.64. The van der Waals surface area contributed by atoms with Crippen LogP contribution >= 0.6 is 0 Å². The predicted molar refractivity (Wildman–Crippen MR) is 165 cm³/mol. The number of fused-ring (bicyclic) bond motifs is 5. The molecule has 1 nitrogen and oxygen atoms in total. The number of para-hydroxylation sites is 1. The first-order chi connectivity index (χ1) is 24.3. The van der Waals surface area contributed by atoms with Gasteiger partial charge in [0.25, 0.3) is 0 Å². The molecule has 0 N–H and O–H groups in total. The summed E-state index contributed by atoms with van der Waals surface area (Å²) in [6.07, 6.45) is 0. The number of furan rings is 1. The fourth-order valence-corrected chi connectivity index (χ4v) is 5.45. The largest absolute Gasteiger partial charge is 0.456 e. The summed E-state index contributed by atoms with van der Waals surface area (Å²) in [6, 6.07) is 17.4. The van der Waals surface area contributed by atoms with Gasteiger partial charge in [-0.05, 0) is 67.0 Å². The first-order valence-electron chi connectivity index (χ1n) is 18.4. The molecule has 1 heteroatoms. The fraction of sp³-hybridized carbons (Fsp3) is 0. The van der Waals surface area contributed by atoms with Crippen molar-refractivity contribution in [2.45, 2.75) is 0 Å². The second-order valence-electron chi connectivity index (χ2n) is 9.18. The lowest BCUT2D eigenvalue weighted by Gasteiger charge is -2.18.